The van der Waals surface area contributed by atoms with Crippen LogP contribution in [-0.4, -0.2) is 64.9 Å². The summed E-state index contributed by atoms with van der Waals surface area (Å²) in [6.45, 7) is 1.86. The zero-order chi connectivity index (χ0) is 17.2. The first-order valence-corrected chi connectivity index (χ1v) is 10.7. The Morgan fingerprint density at radius 3 is 1.29 bits per heavy atom. The highest BCUT2D eigenvalue weighted by Crippen LogP contribution is 2.18. The van der Waals surface area contributed by atoms with Crippen LogP contribution in [0, 0.1) is 0 Å². The van der Waals surface area contributed by atoms with E-state index < -0.39 is 32.7 Å². The Labute approximate surface area is 141 Å². The molecule has 0 unspecified atom stereocenters. The Bertz CT molecular complexity index is 670. The minimum absolute atomic E-state index is 0.465. The number of amidine groups is 2. The maximum Gasteiger partial charge on any atom is 0.435 e. The fourth-order valence-corrected chi connectivity index (χ4v) is 4.36. The van der Waals surface area contributed by atoms with Gasteiger partial charge in [-0.25, -0.2) is 0 Å². The molecule has 0 amide bonds. The molecule has 0 N–H and O–H groups in total. The molecule has 136 valence electrons. The Hall–Kier alpha value is -1.56. The third kappa shape index (κ3) is 4.29. The van der Waals surface area contributed by atoms with Crippen LogP contribution in [0.25, 0.3) is 0 Å². The van der Waals surface area contributed by atoms with Gasteiger partial charge in [0.1, 0.15) is 0 Å². The van der Waals surface area contributed by atoms with Gasteiger partial charge >= 0.3 is 32.7 Å². The first kappa shape index (κ1) is 17.3. The SMILES string of the molecule is O=S1(=O)N=C(N2CCCCC2)OS(=O)(=O)N=C(N2CCCCC2)O1. The second-order valence-corrected chi connectivity index (χ2v) is 8.27. The highest BCUT2D eigenvalue weighted by atomic mass is 32.2. The van der Waals surface area contributed by atoms with Gasteiger partial charge in [0, 0.05) is 26.2 Å². The van der Waals surface area contributed by atoms with Crippen molar-refractivity contribution in [3.05, 3.63) is 0 Å². The van der Waals surface area contributed by atoms with E-state index >= 15 is 0 Å². The quantitative estimate of drug-likeness (QED) is 0.585. The molecule has 0 aliphatic carbocycles. The van der Waals surface area contributed by atoms with Crippen molar-refractivity contribution in [1.29, 1.82) is 0 Å². The number of piperidine rings is 2. The van der Waals surface area contributed by atoms with Gasteiger partial charge in [-0.2, -0.15) is 16.8 Å². The van der Waals surface area contributed by atoms with Gasteiger partial charge in [0.25, 0.3) is 0 Å². The first-order valence-electron chi connectivity index (χ1n) is 7.93. The van der Waals surface area contributed by atoms with Gasteiger partial charge in [-0.15, -0.1) is 0 Å². The van der Waals surface area contributed by atoms with E-state index in [9.17, 15) is 16.8 Å². The van der Waals surface area contributed by atoms with Crippen LogP contribution in [0.2, 0.25) is 0 Å². The van der Waals surface area contributed by atoms with Crippen LogP contribution >= 0.6 is 0 Å². The molecular weight excluding hydrogens is 360 g/mol. The first-order chi connectivity index (χ1) is 11.3. The van der Waals surface area contributed by atoms with Gasteiger partial charge in [-0.1, -0.05) is 8.80 Å². The molecule has 3 aliphatic rings. The van der Waals surface area contributed by atoms with Crippen molar-refractivity contribution in [2.45, 2.75) is 38.5 Å². The van der Waals surface area contributed by atoms with Crippen molar-refractivity contribution in [2.24, 2.45) is 8.80 Å². The number of hydrogen-bond acceptors (Lipinski definition) is 8. The van der Waals surface area contributed by atoms with Gasteiger partial charge in [0.2, 0.25) is 0 Å². The molecule has 0 radical (unpaired) electrons. The predicted molar refractivity (Wildman–Crippen MR) is 85.7 cm³/mol. The van der Waals surface area contributed by atoms with Gasteiger partial charge in [0.15, 0.2) is 0 Å². The fraction of sp³-hybridized carbons (Fsp3) is 0.833. The zero-order valence-electron chi connectivity index (χ0n) is 13.1. The maximum absolute atomic E-state index is 12.1. The fourth-order valence-electron chi connectivity index (χ4n) is 2.84. The van der Waals surface area contributed by atoms with E-state index in [2.05, 4.69) is 8.80 Å². The van der Waals surface area contributed by atoms with E-state index in [4.69, 9.17) is 8.37 Å². The molecule has 2 saturated heterocycles. The third-order valence-electron chi connectivity index (χ3n) is 3.99. The standard InChI is InChI=1S/C12H20N4O6S2/c17-23(18)13-11(15-7-3-1-4-8-15)21-24(19,20)14-12(22-23)16-9-5-2-6-10-16/h1-10H2. The minimum Gasteiger partial charge on any atom is -0.327 e. The molecule has 0 atom stereocenters. The molecule has 0 aromatic heterocycles. The van der Waals surface area contributed by atoms with Crippen molar-refractivity contribution < 1.29 is 25.2 Å². The summed E-state index contributed by atoms with van der Waals surface area (Å²) in [5.74, 6) is 0. The van der Waals surface area contributed by atoms with E-state index in [0.717, 1.165) is 38.5 Å². The maximum atomic E-state index is 12.1. The number of rotatable bonds is 0. The largest absolute Gasteiger partial charge is 0.435 e. The highest BCUT2D eigenvalue weighted by molar-refractivity contribution is 7.87. The Morgan fingerprint density at radius 2 is 0.958 bits per heavy atom. The molecule has 0 aromatic rings. The van der Waals surface area contributed by atoms with Gasteiger partial charge < -0.3 is 18.2 Å². The minimum atomic E-state index is -4.41. The van der Waals surface area contributed by atoms with Crippen molar-refractivity contribution in [1.82, 2.24) is 9.80 Å². The van der Waals surface area contributed by atoms with Crippen LogP contribution in [0.15, 0.2) is 8.80 Å². The summed E-state index contributed by atoms with van der Waals surface area (Å²) < 4.78 is 65.0. The molecule has 0 saturated carbocycles. The lowest BCUT2D eigenvalue weighted by atomic mass is 10.1. The Morgan fingerprint density at radius 1 is 0.625 bits per heavy atom. The monoisotopic (exact) mass is 380 g/mol. The molecule has 3 heterocycles. The van der Waals surface area contributed by atoms with E-state index in [1.54, 1.807) is 0 Å². The second kappa shape index (κ2) is 6.75. The molecule has 12 heteroatoms. The second-order valence-electron chi connectivity index (χ2n) is 5.87. The molecule has 0 spiro atoms. The van der Waals surface area contributed by atoms with Crippen LogP contribution in [0.4, 0.5) is 0 Å². The molecule has 2 fully saturated rings. The molecule has 3 aliphatic heterocycles. The molecule has 0 bridgehead atoms. The Balaban J connectivity index is 1.90. The summed E-state index contributed by atoms with van der Waals surface area (Å²) in [6, 6.07) is -1.01. The summed E-state index contributed by atoms with van der Waals surface area (Å²) >= 11 is 0. The predicted octanol–water partition coefficient (Wildman–Crippen LogP) is 0.207. The van der Waals surface area contributed by atoms with Crippen molar-refractivity contribution in [2.75, 3.05) is 26.2 Å². The Kier molecular flexibility index (Phi) is 4.85. The molecule has 24 heavy (non-hydrogen) atoms. The van der Waals surface area contributed by atoms with E-state index in [1.807, 2.05) is 0 Å². The molecule has 3 rings (SSSR count). The van der Waals surface area contributed by atoms with Crippen LogP contribution < -0.4 is 0 Å². The van der Waals surface area contributed by atoms with Crippen molar-refractivity contribution >= 4 is 32.7 Å². The van der Waals surface area contributed by atoms with Crippen LogP contribution in [0.1, 0.15) is 38.5 Å². The summed E-state index contributed by atoms with van der Waals surface area (Å²) in [5.41, 5.74) is 0. The lowest BCUT2D eigenvalue weighted by Gasteiger charge is -2.30. The highest BCUT2D eigenvalue weighted by Gasteiger charge is 2.33. The smallest absolute Gasteiger partial charge is 0.327 e. The van der Waals surface area contributed by atoms with Crippen LogP contribution in [0.3, 0.4) is 0 Å². The van der Waals surface area contributed by atoms with Gasteiger partial charge in [-0.05, 0) is 38.5 Å². The van der Waals surface area contributed by atoms with Crippen molar-refractivity contribution in [3.8, 4) is 0 Å². The zero-order valence-corrected chi connectivity index (χ0v) is 14.8. The van der Waals surface area contributed by atoms with E-state index in [-0.39, 0.29) is 0 Å². The third-order valence-corrected chi connectivity index (χ3v) is 5.47. The van der Waals surface area contributed by atoms with E-state index in [0.29, 0.717) is 26.2 Å². The summed E-state index contributed by atoms with van der Waals surface area (Å²) in [5, 5.41) is 0. The average Bonchev–Trinajstić information content (AvgIpc) is 2.53. The summed E-state index contributed by atoms with van der Waals surface area (Å²) in [6.07, 6.45) is 5.16. The number of likely N-dealkylation sites (tertiary alicyclic amines) is 2. The molecular formula is C12H20N4O6S2. The van der Waals surface area contributed by atoms with Gasteiger partial charge in [-0.3, -0.25) is 0 Å². The normalized spacial score (nSPS) is 27.0. The summed E-state index contributed by atoms with van der Waals surface area (Å²) in [4.78, 5) is 2.95. The lowest BCUT2D eigenvalue weighted by Crippen LogP contribution is -2.42. The van der Waals surface area contributed by atoms with E-state index in [1.165, 1.54) is 9.80 Å². The topological polar surface area (TPSA) is 118 Å². The van der Waals surface area contributed by atoms with Gasteiger partial charge in [0.05, 0.1) is 0 Å². The lowest BCUT2D eigenvalue weighted by molar-refractivity contribution is 0.281. The number of hydrogen-bond donors (Lipinski definition) is 0. The molecule has 10 nitrogen and oxygen atoms in total. The van der Waals surface area contributed by atoms with Crippen LogP contribution in [-0.2, 0) is 29.0 Å². The van der Waals surface area contributed by atoms with Crippen molar-refractivity contribution in [3.63, 3.8) is 0 Å². The van der Waals surface area contributed by atoms with Crippen LogP contribution in [0.5, 0.6) is 0 Å². The molecule has 0 aromatic carbocycles. The summed E-state index contributed by atoms with van der Waals surface area (Å²) in [7, 11) is -8.81. The number of nitrogens with zero attached hydrogens (tertiary/aromatic N) is 4. The average molecular weight is 380 g/mol.